The summed E-state index contributed by atoms with van der Waals surface area (Å²) in [6, 6.07) is 7.56. The number of rotatable bonds is 7. The molecular formula is C27H40O6. The Bertz CT molecular complexity index is 844. The van der Waals surface area contributed by atoms with Gasteiger partial charge in [-0.05, 0) is 35.3 Å². The van der Waals surface area contributed by atoms with Crippen molar-refractivity contribution in [3.8, 4) is 0 Å². The number of aliphatic hydroxyl groups is 1. The van der Waals surface area contributed by atoms with Crippen molar-refractivity contribution in [2.24, 2.45) is 23.7 Å². The largest absolute Gasteiger partial charge is 0.465 e. The Morgan fingerprint density at radius 1 is 1.00 bits per heavy atom. The highest BCUT2D eigenvalue weighted by atomic mass is 16.5. The molecule has 1 aromatic rings. The topological polar surface area (TPSA) is 89.9 Å². The molecule has 0 spiro atoms. The fraction of sp³-hybridized carbons (Fsp3) is 0.667. The van der Waals surface area contributed by atoms with Crippen LogP contribution in [0.2, 0.25) is 0 Å². The van der Waals surface area contributed by atoms with Crippen LogP contribution in [0.15, 0.2) is 24.3 Å². The Morgan fingerprint density at radius 2 is 1.48 bits per heavy atom. The number of carbonyl (C=O) groups excluding carboxylic acids is 3. The molecule has 1 N–H and O–H groups in total. The third-order valence-corrected chi connectivity index (χ3v) is 6.05. The lowest BCUT2D eigenvalue weighted by molar-refractivity contribution is -0.173. The number of hydrogen-bond donors (Lipinski definition) is 1. The van der Waals surface area contributed by atoms with Crippen molar-refractivity contribution >= 4 is 17.7 Å². The van der Waals surface area contributed by atoms with E-state index in [1.165, 1.54) is 6.92 Å². The van der Waals surface area contributed by atoms with E-state index in [4.69, 9.17) is 9.47 Å². The van der Waals surface area contributed by atoms with Gasteiger partial charge in [-0.15, -0.1) is 0 Å². The third-order valence-electron chi connectivity index (χ3n) is 6.05. The minimum atomic E-state index is -1.65. The van der Waals surface area contributed by atoms with Crippen molar-refractivity contribution in [3.63, 3.8) is 0 Å². The quantitative estimate of drug-likeness (QED) is 0.478. The molecule has 0 heterocycles. The number of hydrogen-bond acceptors (Lipinski definition) is 6. The van der Waals surface area contributed by atoms with E-state index >= 15 is 0 Å². The summed E-state index contributed by atoms with van der Waals surface area (Å²) in [5.74, 6) is -4.61. The van der Waals surface area contributed by atoms with Gasteiger partial charge in [0.05, 0.1) is 24.7 Å². The Morgan fingerprint density at radius 3 is 1.94 bits per heavy atom. The molecule has 0 bridgehead atoms. The third kappa shape index (κ3) is 6.66. The van der Waals surface area contributed by atoms with Crippen LogP contribution in [-0.4, -0.2) is 41.6 Å². The molecule has 2 rings (SSSR count). The van der Waals surface area contributed by atoms with Crippen LogP contribution in [0.1, 0.15) is 78.9 Å². The fourth-order valence-corrected chi connectivity index (χ4v) is 4.30. The molecule has 0 aliphatic heterocycles. The predicted molar refractivity (Wildman–Crippen MR) is 127 cm³/mol. The van der Waals surface area contributed by atoms with E-state index in [1.54, 1.807) is 0 Å². The minimum absolute atomic E-state index is 0.0857. The number of esters is 2. The molecular weight excluding hydrogens is 420 g/mol. The fourth-order valence-electron chi connectivity index (χ4n) is 4.30. The molecule has 1 aromatic carbocycles. The normalized spacial score (nSPS) is 25.9. The molecule has 33 heavy (non-hydrogen) atoms. The van der Waals surface area contributed by atoms with E-state index < -0.39 is 41.1 Å². The van der Waals surface area contributed by atoms with E-state index in [0.717, 1.165) is 5.56 Å². The number of Topliss-reactive ketones (excluding diaryl/α,β-unsaturated/α-hetero) is 1. The van der Waals surface area contributed by atoms with Gasteiger partial charge in [0.2, 0.25) is 0 Å². The van der Waals surface area contributed by atoms with Crippen molar-refractivity contribution in [1.29, 1.82) is 0 Å². The Labute approximate surface area is 198 Å². The predicted octanol–water partition coefficient (Wildman–Crippen LogP) is 4.42. The molecule has 6 heteroatoms. The number of benzene rings is 1. The number of ether oxygens (including phenoxy) is 2. The van der Waals surface area contributed by atoms with Crippen molar-refractivity contribution in [1.82, 2.24) is 0 Å². The van der Waals surface area contributed by atoms with Gasteiger partial charge in [-0.25, -0.2) is 0 Å². The van der Waals surface area contributed by atoms with E-state index in [-0.39, 0.29) is 36.9 Å². The van der Waals surface area contributed by atoms with Crippen molar-refractivity contribution < 1.29 is 29.0 Å². The molecule has 6 nitrogen and oxygen atoms in total. The maximum absolute atomic E-state index is 13.2. The highest BCUT2D eigenvalue weighted by molar-refractivity contribution is 6.02. The molecule has 1 aliphatic carbocycles. The average Bonchev–Trinajstić information content (AvgIpc) is 2.68. The summed E-state index contributed by atoms with van der Waals surface area (Å²) in [5.41, 5.74) is -0.0161. The SMILES string of the molecule is CC(C)COC(=O)[C@@H]1C(=O)C[C@](C)(O)[C@H](C(=O)OCC(C)C)[C@H]1c1ccc(C(C)(C)C)cc1. The zero-order chi connectivity index (χ0) is 25.1. The highest BCUT2D eigenvalue weighted by Gasteiger charge is 2.57. The smallest absolute Gasteiger partial charge is 0.317 e. The van der Waals surface area contributed by atoms with Gasteiger partial charge in [0.1, 0.15) is 5.92 Å². The van der Waals surface area contributed by atoms with Crippen LogP contribution >= 0.6 is 0 Å². The lowest BCUT2D eigenvalue weighted by atomic mass is 9.61. The lowest BCUT2D eigenvalue weighted by Crippen LogP contribution is -2.55. The summed E-state index contributed by atoms with van der Waals surface area (Å²) < 4.78 is 11.0. The van der Waals surface area contributed by atoms with E-state index in [0.29, 0.717) is 5.56 Å². The van der Waals surface area contributed by atoms with Gasteiger partial charge in [-0.1, -0.05) is 72.7 Å². The van der Waals surface area contributed by atoms with Crippen LogP contribution in [0.25, 0.3) is 0 Å². The van der Waals surface area contributed by atoms with Gasteiger partial charge in [0.25, 0.3) is 0 Å². The molecule has 1 saturated carbocycles. The first-order valence-corrected chi connectivity index (χ1v) is 11.8. The second-order valence-electron chi connectivity index (χ2n) is 11.4. The summed E-state index contributed by atoms with van der Waals surface area (Å²) >= 11 is 0. The summed E-state index contributed by atoms with van der Waals surface area (Å²) in [6.45, 7) is 15.8. The Balaban J connectivity index is 2.56. The van der Waals surface area contributed by atoms with Crippen molar-refractivity contribution in [2.75, 3.05) is 13.2 Å². The summed E-state index contributed by atoms with van der Waals surface area (Å²) in [7, 11) is 0. The van der Waals surface area contributed by atoms with Gasteiger partial charge in [-0.3, -0.25) is 14.4 Å². The lowest BCUT2D eigenvalue weighted by Gasteiger charge is -2.43. The summed E-state index contributed by atoms with van der Waals surface area (Å²) in [6.07, 6.45) is -0.313. The monoisotopic (exact) mass is 460 g/mol. The van der Waals surface area contributed by atoms with E-state index in [9.17, 15) is 19.5 Å². The Kier molecular flexibility index (Phi) is 8.50. The molecule has 0 radical (unpaired) electrons. The van der Waals surface area contributed by atoms with E-state index in [2.05, 4.69) is 20.8 Å². The van der Waals surface area contributed by atoms with Crippen LogP contribution < -0.4 is 0 Å². The van der Waals surface area contributed by atoms with Crippen LogP contribution in [0.3, 0.4) is 0 Å². The first-order valence-electron chi connectivity index (χ1n) is 11.8. The van der Waals surface area contributed by atoms with Crippen LogP contribution in [-0.2, 0) is 29.3 Å². The second-order valence-corrected chi connectivity index (χ2v) is 11.4. The number of carbonyl (C=O) groups is 3. The molecule has 0 aromatic heterocycles. The van der Waals surface area contributed by atoms with Gasteiger partial charge < -0.3 is 14.6 Å². The van der Waals surface area contributed by atoms with E-state index in [1.807, 2.05) is 52.0 Å². The zero-order valence-corrected chi connectivity index (χ0v) is 21.3. The van der Waals surface area contributed by atoms with Crippen molar-refractivity contribution in [2.45, 2.75) is 78.7 Å². The minimum Gasteiger partial charge on any atom is -0.465 e. The second kappa shape index (κ2) is 10.4. The summed E-state index contributed by atoms with van der Waals surface area (Å²) in [4.78, 5) is 39.4. The first-order chi connectivity index (χ1) is 15.1. The number of ketones is 1. The van der Waals surface area contributed by atoms with Gasteiger partial charge >= 0.3 is 11.9 Å². The molecule has 184 valence electrons. The van der Waals surface area contributed by atoms with Crippen LogP contribution in [0.4, 0.5) is 0 Å². The zero-order valence-electron chi connectivity index (χ0n) is 21.3. The van der Waals surface area contributed by atoms with Gasteiger partial charge in [0, 0.05) is 12.3 Å². The maximum atomic E-state index is 13.2. The van der Waals surface area contributed by atoms with Gasteiger partial charge in [0.15, 0.2) is 5.78 Å². The van der Waals surface area contributed by atoms with Crippen molar-refractivity contribution in [3.05, 3.63) is 35.4 Å². The van der Waals surface area contributed by atoms with Crippen LogP contribution in [0.5, 0.6) is 0 Å². The first kappa shape index (κ1) is 27.0. The highest BCUT2D eigenvalue weighted by Crippen LogP contribution is 2.47. The molecule has 0 amide bonds. The Hall–Kier alpha value is -2.21. The molecule has 1 fully saturated rings. The molecule has 1 aliphatic rings. The molecule has 0 unspecified atom stereocenters. The molecule has 4 atom stereocenters. The average molecular weight is 461 g/mol. The molecule has 0 saturated heterocycles. The summed E-state index contributed by atoms with van der Waals surface area (Å²) in [5, 5.41) is 11.2. The maximum Gasteiger partial charge on any atom is 0.317 e. The van der Waals surface area contributed by atoms with Crippen LogP contribution in [0, 0.1) is 23.7 Å². The standard InChI is InChI=1S/C27H40O6/c1-16(2)14-32-24(29)22-20(28)13-27(8,31)23(25(30)33-15-17(3)4)21(22)18-9-11-19(12-10-18)26(5,6)7/h9-12,16-17,21-23,31H,13-15H2,1-8H3/t21-,22+,23-,27-/m0/s1. The van der Waals surface area contributed by atoms with Gasteiger partial charge in [-0.2, -0.15) is 0 Å².